The monoisotopic (exact) mass is 375 g/mol. The van der Waals surface area contributed by atoms with Crippen LogP contribution in [-0.2, 0) is 0 Å². The van der Waals surface area contributed by atoms with Crippen LogP contribution in [0, 0.1) is 17.8 Å². The number of nitrogens with zero attached hydrogens (tertiary/aromatic N) is 1. The van der Waals surface area contributed by atoms with Crippen molar-refractivity contribution in [2.75, 3.05) is 19.6 Å². The van der Waals surface area contributed by atoms with Crippen LogP contribution in [0.1, 0.15) is 63.2 Å². The molecule has 1 saturated heterocycles. The van der Waals surface area contributed by atoms with Gasteiger partial charge in [-0.05, 0) is 68.1 Å². The fourth-order valence-electron chi connectivity index (χ4n) is 3.69. The minimum Gasteiger partial charge on any atom is -0.486 e. The molecule has 3 rings (SSSR count). The fraction of sp³-hybridized carbons (Fsp3) is 0.462. The molecule has 1 aliphatic heterocycles. The van der Waals surface area contributed by atoms with E-state index in [1.807, 2.05) is 12.1 Å². The van der Waals surface area contributed by atoms with E-state index >= 15 is 0 Å². The van der Waals surface area contributed by atoms with Crippen LogP contribution in [-0.4, -0.2) is 24.5 Å². The van der Waals surface area contributed by atoms with E-state index in [1.54, 1.807) is 0 Å². The molecular weight excluding hydrogens is 342 g/mol. The standard InChI is InChI=1S/C26H33NO/c1-22(2)21-26(24-12-5-3-6-13-24)28-25-16-14-23(15-17-25)11-7-10-20-27-18-8-4-9-19-27/h3,5-6,12-17,22,26H,4,8-10,18-21H2,1-2H3. The van der Waals surface area contributed by atoms with E-state index in [2.05, 4.69) is 73.1 Å². The van der Waals surface area contributed by atoms with E-state index in [0.717, 1.165) is 30.7 Å². The summed E-state index contributed by atoms with van der Waals surface area (Å²) < 4.78 is 6.32. The molecule has 0 aromatic heterocycles. The average molecular weight is 376 g/mol. The lowest BCUT2D eigenvalue weighted by atomic mass is 9.99. The zero-order valence-electron chi connectivity index (χ0n) is 17.4. The molecule has 0 amide bonds. The second-order valence-electron chi connectivity index (χ2n) is 8.13. The quantitative estimate of drug-likeness (QED) is 0.544. The third kappa shape index (κ3) is 6.73. The summed E-state index contributed by atoms with van der Waals surface area (Å²) in [4.78, 5) is 2.54. The molecular formula is C26H33NO. The fourth-order valence-corrected chi connectivity index (χ4v) is 3.69. The van der Waals surface area contributed by atoms with Crippen LogP contribution >= 0.6 is 0 Å². The molecule has 1 heterocycles. The smallest absolute Gasteiger partial charge is 0.124 e. The summed E-state index contributed by atoms with van der Waals surface area (Å²) in [5.41, 5.74) is 2.30. The topological polar surface area (TPSA) is 12.5 Å². The predicted octanol–water partition coefficient (Wildman–Crippen LogP) is 6.08. The first-order chi connectivity index (χ1) is 13.7. The van der Waals surface area contributed by atoms with Gasteiger partial charge in [0.15, 0.2) is 0 Å². The lowest BCUT2D eigenvalue weighted by molar-refractivity contribution is 0.177. The van der Waals surface area contributed by atoms with Gasteiger partial charge in [0.2, 0.25) is 0 Å². The molecule has 0 spiro atoms. The second kappa shape index (κ2) is 10.9. The number of ether oxygens (including phenoxy) is 1. The van der Waals surface area contributed by atoms with Crippen molar-refractivity contribution in [2.45, 2.75) is 52.1 Å². The number of piperidine rings is 1. The zero-order valence-corrected chi connectivity index (χ0v) is 17.4. The normalized spacial score (nSPS) is 15.7. The Balaban J connectivity index is 1.55. The maximum absolute atomic E-state index is 6.32. The molecule has 0 saturated carbocycles. The molecule has 28 heavy (non-hydrogen) atoms. The predicted molar refractivity (Wildman–Crippen MR) is 117 cm³/mol. The summed E-state index contributed by atoms with van der Waals surface area (Å²) in [6.45, 7) is 8.06. The van der Waals surface area contributed by atoms with Gasteiger partial charge in [-0.25, -0.2) is 0 Å². The van der Waals surface area contributed by atoms with E-state index in [1.165, 1.54) is 37.9 Å². The molecule has 0 radical (unpaired) electrons. The van der Waals surface area contributed by atoms with Crippen molar-refractivity contribution in [1.82, 2.24) is 4.90 Å². The van der Waals surface area contributed by atoms with Crippen molar-refractivity contribution in [3.05, 3.63) is 65.7 Å². The van der Waals surface area contributed by atoms with Crippen molar-refractivity contribution in [3.63, 3.8) is 0 Å². The van der Waals surface area contributed by atoms with Gasteiger partial charge in [-0.2, -0.15) is 0 Å². The van der Waals surface area contributed by atoms with Gasteiger partial charge in [0.25, 0.3) is 0 Å². The Hall–Kier alpha value is -2.24. The van der Waals surface area contributed by atoms with Crippen LogP contribution in [0.15, 0.2) is 54.6 Å². The third-order valence-electron chi connectivity index (χ3n) is 5.22. The van der Waals surface area contributed by atoms with Gasteiger partial charge >= 0.3 is 0 Å². The first-order valence-electron chi connectivity index (χ1n) is 10.7. The second-order valence-corrected chi connectivity index (χ2v) is 8.13. The minimum atomic E-state index is 0.0858. The lowest BCUT2D eigenvalue weighted by Gasteiger charge is -2.25. The molecule has 0 aliphatic carbocycles. The molecule has 1 fully saturated rings. The largest absolute Gasteiger partial charge is 0.486 e. The Morgan fingerprint density at radius 3 is 2.32 bits per heavy atom. The van der Waals surface area contributed by atoms with Crippen LogP contribution in [0.4, 0.5) is 0 Å². The van der Waals surface area contributed by atoms with Gasteiger partial charge in [-0.15, -0.1) is 0 Å². The Morgan fingerprint density at radius 2 is 1.64 bits per heavy atom. The highest BCUT2D eigenvalue weighted by Crippen LogP contribution is 2.27. The van der Waals surface area contributed by atoms with Gasteiger partial charge in [0.1, 0.15) is 11.9 Å². The maximum atomic E-state index is 6.32. The summed E-state index contributed by atoms with van der Waals surface area (Å²) >= 11 is 0. The molecule has 2 nitrogen and oxygen atoms in total. The van der Waals surface area contributed by atoms with E-state index in [9.17, 15) is 0 Å². The number of hydrogen-bond donors (Lipinski definition) is 0. The molecule has 148 valence electrons. The van der Waals surface area contributed by atoms with Crippen LogP contribution < -0.4 is 4.74 Å². The summed E-state index contributed by atoms with van der Waals surface area (Å²) in [6.07, 6.45) is 6.11. The highest BCUT2D eigenvalue weighted by molar-refractivity contribution is 5.38. The van der Waals surface area contributed by atoms with Gasteiger partial charge in [0.05, 0.1) is 0 Å². The van der Waals surface area contributed by atoms with Crippen molar-refractivity contribution in [2.24, 2.45) is 5.92 Å². The third-order valence-corrected chi connectivity index (χ3v) is 5.22. The number of likely N-dealkylation sites (tertiary alicyclic amines) is 1. The molecule has 2 heteroatoms. The molecule has 0 bridgehead atoms. The highest BCUT2D eigenvalue weighted by Gasteiger charge is 2.15. The van der Waals surface area contributed by atoms with Crippen LogP contribution in [0.2, 0.25) is 0 Å². The van der Waals surface area contributed by atoms with Crippen LogP contribution in [0.25, 0.3) is 0 Å². The van der Waals surface area contributed by atoms with Gasteiger partial charge in [-0.1, -0.05) is 62.4 Å². The van der Waals surface area contributed by atoms with E-state index < -0.39 is 0 Å². The highest BCUT2D eigenvalue weighted by atomic mass is 16.5. The number of hydrogen-bond acceptors (Lipinski definition) is 2. The Morgan fingerprint density at radius 1 is 0.929 bits per heavy atom. The Kier molecular flexibility index (Phi) is 8.00. The van der Waals surface area contributed by atoms with Crippen molar-refractivity contribution >= 4 is 0 Å². The van der Waals surface area contributed by atoms with Crippen LogP contribution in [0.3, 0.4) is 0 Å². The first kappa shape index (κ1) is 20.5. The van der Waals surface area contributed by atoms with Crippen molar-refractivity contribution in [3.8, 4) is 17.6 Å². The van der Waals surface area contributed by atoms with Gasteiger partial charge in [-0.3, -0.25) is 0 Å². The molecule has 1 atom stereocenters. The SMILES string of the molecule is CC(C)CC(Oc1ccc(C#CCCN2CCCCC2)cc1)c1ccccc1. The number of rotatable bonds is 7. The van der Waals surface area contributed by atoms with E-state index in [0.29, 0.717) is 5.92 Å². The van der Waals surface area contributed by atoms with Crippen molar-refractivity contribution < 1.29 is 4.74 Å². The van der Waals surface area contributed by atoms with Crippen molar-refractivity contribution in [1.29, 1.82) is 0 Å². The summed E-state index contributed by atoms with van der Waals surface area (Å²) in [5, 5.41) is 0. The molecule has 2 aromatic rings. The van der Waals surface area contributed by atoms with E-state index in [4.69, 9.17) is 4.74 Å². The molecule has 2 aromatic carbocycles. The van der Waals surface area contributed by atoms with Crippen LogP contribution in [0.5, 0.6) is 5.75 Å². The molecule has 1 unspecified atom stereocenters. The Labute approximate surface area is 170 Å². The number of benzene rings is 2. The molecule has 1 aliphatic rings. The minimum absolute atomic E-state index is 0.0858. The lowest BCUT2D eigenvalue weighted by Crippen LogP contribution is -2.30. The Bertz CT molecular complexity index is 749. The van der Waals surface area contributed by atoms with E-state index in [-0.39, 0.29) is 6.10 Å². The first-order valence-corrected chi connectivity index (χ1v) is 10.7. The summed E-state index contributed by atoms with van der Waals surface area (Å²) in [7, 11) is 0. The zero-order chi connectivity index (χ0) is 19.6. The van der Waals surface area contributed by atoms with Gasteiger partial charge < -0.3 is 9.64 Å². The average Bonchev–Trinajstić information content (AvgIpc) is 2.73. The summed E-state index contributed by atoms with van der Waals surface area (Å²) in [5.74, 6) is 8.11. The summed E-state index contributed by atoms with van der Waals surface area (Å²) in [6, 6.07) is 18.7. The molecule has 0 N–H and O–H groups in total. The van der Waals surface area contributed by atoms with Gasteiger partial charge in [0, 0.05) is 18.5 Å². The maximum Gasteiger partial charge on any atom is 0.124 e.